The standard InChI is InChI=1S/C52H34N4O2S/c57-59(58,40-18-8-3-9-19-40)41-28-24-36(25-29-41)47-34-46(35-14-4-1-5-15-35)53-52(54-47)56-49-23-13-11-21-43(49)45-33-38(27-31-51(45)56)37-26-30-50-44(32-37)42-20-10-12-22-48(42)55(50)39-16-6-2-7-17-39/h1-34H. The molecule has 8 aromatic carbocycles. The summed E-state index contributed by atoms with van der Waals surface area (Å²) in [4.78, 5) is 10.9. The van der Waals surface area contributed by atoms with Crippen molar-refractivity contribution in [1.82, 2.24) is 19.1 Å². The third kappa shape index (κ3) is 5.82. The Kier molecular flexibility index (Phi) is 8.10. The molecule has 3 heterocycles. The minimum absolute atomic E-state index is 0.226. The predicted octanol–water partition coefficient (Wildman–Crippen LogP) is 12.5. The Morgan fingerprint density at radius 2 is 0.763 bits per heavy atom. The topological polar surface area (TPSA) is 69.8 Å². The highest BCUT2D eigenvalue weighted by atomic mass is 32.2. The molecule has 0 N–H and O–H groups in total. The molecule has 11 rings (SSSR count). The second kappa shape index (κ2) is 13.8. The van der Waals surface area contributed by atoms with Gasteiger partial charge in [-0.2, -0.15) is 0 Å². The van der Waals surface area contributed by atoms with Gasteiger partial charge < -0.3 is 4.57 Å². The Morgan fingerprint density at radius 1 is 0.339 bits per heavy atom. The fraction of sp³-hybridized carbons (Fsp3) is 0. The number of rotatable bonds is 7. The number of hydrogen-bond donors (Lipinski definition) is 0. The molecule has 0 unspecified atom stereocenters. The van der Waals surface area contributed by atoms with Crippen LogP contribution in [0.5, 0.6) is 0 Å². The van der Waals surface area contributed by atoms with Crippen molar-refractivity contribution in [3.8, 4) is 45.3 Å². The van der Waals surface area contributed by atoms with Crippen LogP contribution in [0.2, 0.25) is 0 Å². The highest BCUT2D eigenvalue weighted by molar-refractivity contribution is 7.91. The highest BCUT2D eigenvalue weighted by Crippen LogP contribution is 2.38. The van der Waals surface area contributed by atoms with E-state index in [1.165, 1.54) is 16.3 Å². The molecule has 0 bridgehead atoms. The van der Waals surface area contributed by atoms with Gasteiger partial charge in [-0.05, 0) is 90.0 Å². The lowest BCUT2D eigenvalue weighted by Gasteiger charge is -2.12. The third-order valence-corrected chi connectivity index (χ3v) is 13.0. The molecule has 0 saturated heterocycles. The van der Waals surface area contributed by atoms with Gasteiger partial charge in [-0.3, -0.25) is 4.57 Å². The van der Waals surface area contributed by atoms with Crippen molar-refractivity contribution in [2.24, 2.45) is 0 Å². The van der Waals surface area contributed by atoms with Crippen LogP contribution in [0, 0.1) is 0 Å². The number of benzene rings is 8. The largest absolute Gasteiger partial charge is 0.309 e. The van der Waals surface area contributed by atoms with Crippen molar-refractivity contribution in [3.05, 3.63) is 206 Å². The zero-order valence-corrected chi connectivity index (χ0v) is 32.5. The van der Waals surface area contributed by atoms with Crippen LogP contribution in [0.4, 0.5) is 0 Å². The Bertz CT molecular complexity index is 3490. The van der Waals surface area contributed by atoms with E-state index in [1.54, 1.807) is 36.4 Å². The lowest BCUT2D eigenvalue weighted by molar-refractivity contribution is 0.596. The van der Waals surface area contributed by atoms with Gasteiger partial charge in [0, 0.05) is 38.4 Å². The molecule has 59 heavy (non-hydrogen) atoms. The van der Waals surface area contributed by atoms with Gasteiger partial charge >= 0.3 is 0 Å². The van der Waals surface area contributed by atoms with Gasteiger partial charge in [0.1, 0.15) is 0 Å². The number of nitrogens with zero attached hydrogens (tertiary/aromatic N) is 4. The molecule has 0 aliphatic heterocycles. The lowest BCUT2D eigenvalue weighted by Crippen LogP contribution is -2.04. The minimum atomic E-state index is -3.67. The van der Waals surface area contributed by atoms with Gasteiger partial charge in [0.05, 0.1) is 43.2 Å². The molecule has 3 aromatic heterocycles. The number of para-hydroxylation sites is 3. The number of aromatic nitrogens is 4. The summed E-state index contributed by atoms with van der Waals surface area (Å²) < 4.78 is 31.3. The zero-order chi connectivity index (χ0) is 39.5. The van der Waals surface area contributed by atoms with Crippen molar-refractivity contribution in [1.29, 1.82) is 0 Å². The van der Waals surface area contributed by atoms with E-state index in [4.69, 9.17) is 9.97 Å². The van der Waals surface area contributed by atoms with Crippen LogP contribution >= 0.6 is 0 Å². The van der Waals surface area contributed by atoms with Crippen LogP contribution in [0.3, 0.4) is 0 Å². The molecule has 0 aliphatic rings. The van der Waals surface area contributed by atoms with Gasteiger partial charge in [0.25, 0.3) is 0 Å². The molecule has 0 aliphatic carbocycles. The van der Waals surface area contributed by atoms with Crippen molar-refractivity contribution in [2.45, 2.75) is 9.79 Å². The molecule has 7 heteroatoms. The van der Waals surface area contributed by atoms with Gasteiger partial charge in [0.15, 0.2) is 0 Å². The minimum Gasteiger partial charge on any atom is -0.309 e. The summed E-state index contributed by atoms with van der Waals surface area (Å²) in [5.41, 5.74) is 10.9. The van der Waals surface area contributed by atoms with E-state index in [2.05, 4.69) is 118 Å². The molecule has 0 radical (unpaired) electrons. The number of hydrogen-bond acceptors (Lipinski definition) is 4. The van der Waals surface area contributed by atoms with E-state index in [9.17, 15) is 8.42 Å². The third-order valence-electron chi connectivity index (χ3n) is 11.2. The monoisotopic (exact) mass is 778 g/mol. The number of fused-ring (bicyclic) bond motifs is 6. The van der Waals surface area contributed by atoms with Crippen LogP contribution in [-0.2, 0) is 9.84 Å². The SMILES string of the molecule is O=S(=O)(c1ccccc1)c1ccc(-c2cc(-c3ccccc3)nc(-n3c4ccccc4c4cc(-c5ccc6c(c5)c5ccccc5n6-c5ccccc5)ccc43)n2)cc1. The lowest BCUT2D eigenvalue weighted by atomic mass is 10.0. The maximum atomic E-state index is 13.4. The maximum absolute atomic E-state index is 13.4. The molecule has 0 amide bonds. The summed E-state index contributed by atoms with van der Waals surface area (Å²) in [7, 11) is -3.67. The average Bonchev–Trinajstić information content (AvgIpc) is 3.82. The van der Waals surface area contributed by atoms with E-state index in [1.807, 2.05) is 60.7 Å². The Labute approximate surface area is 340 Å². The summed E-state index contributed by atoms with van der Waals surface area (Å²) >= 11 is 0. The van der Waals surface area contributed by atoms with Crippen molar-refractivity contribution in [2.75, 3.05) is 0 Å². The second-order valence-electron chi connectivity index (χ2n) is 14.6. The molecular formula is C52H34N4O2S. The second-order valence-corrected chi connectivity index (χ2v) is 16.6. The first kappa shape index (κ1) is 34.6. The van der Waals surface area contributed by atoms with Crippen LogP contribution in [0.1, 0.15) is 0 Å². The Hall–Kier alpha value is -7.61. The molecule has 6 nitrogen and oxygen atoms in total. The normalized spacial score (nSPS) is 11.9. The predicted molar refractivity (Wildman–Crippen MR) is 239 cm³/mol. The van der Waals surface area contributed by atoms with E-state index >= 15 is 0 Å². The quantitative estimate of drug-likeness (QED) is 0.162. The van der Waals surface area contributed by atoms with Gasteiger partial charge in [0.2, 0.25) is 15.8 Å². The van der Waals surface area contributed by atoms with E-state index in [0.717, 1.165) is 61.0 Å². The van der Waals surface area contributed by atoms with Crippen molar-refractivity contribution >= 4 is 53.4 Å². The average molecular weight is 779 g/mol. The summed E-state index contributed by atoms with van der Waals surface area (Å²) in [6.07, 6.45) is 0. The van der Waals surface area contributed by atoms with Gasteiger partial charge in [-0.25, -0.2) is 18.4 Å². The molecule has 0 atom stereocenters. The van der Waals surface area contributed by atoms with Gasteiger partial charge in [-0.15, -0.1) is 0 Å². The summed E-state index contributed by atoms with van der Waals surface area (Å²) in [6, 6.07) is 68.4. The first-order valence-electron chi connectivity index (χ1n) is 19.5. The van der Waals surface area contributed by atoms with Crippen molar-refractivity contribution in [3.63, 3.8) is 0 Å². The molecule has 280 valence electrons. The van der Waals surface area contributed by atoms with Crippen molar-refractivity contribution < 1.29 is 8.42 Å². The summed E-state index contributed by atoms with van der Waals surface area (Å²) in [5.74, 6) is 0.524. The van der Waals surface area contributed by atoms with E-state index < -0.39 is 9.84 Å². The molecule has 11 aromatic rings. The smallest absolute Gasteiger partial charge is 0.235 e. The Morgan fingerprint density at radius 3 is 1.36 bits per heavy atom. The maximum Gasteiger partial charge on any atom is 0.235 e. The summed E-state index contributed by atoms with van der Waals surface area (Å²) in [5, 5.41) is 4.60. The van der Waals surface area contributed by atoms with E-state index in [0.29, 0.717) is 11.6 Å². The molecule has 0 spiro atoms. The number of sulfone groups is 1. The fourth-order valence-corrected chi connectivity index (χ4v) is 9.64. The van der Waals surface area contributed by atoms with Crippen LogP contribution in [0.25, 0.3) is 88.9 Å². The van der Waals surface area contributed by atoms with E-state index in [-0.39, 0.29) is 9.79 Å². The first-order chi connectivity index (χ1) is 29.0. The molecule has 0 saturated carbocycles. The summed E-state index contributed by atoms with van der Waals surface area (Å²) in [6.45, 7) is 0. The van der Waals surface area contributed by atoms with Gasteiger partial charge in [-0.1, -0.05) is 127 Å². The van der Waals surface area contributed by atoms with Crippen LogP contribution in [-0.4, -0.2) is 27.5 Å². The fourth-order valence-electron chi connectivity index (χ4n) is 8.36. The van der Waals surface area contributed by atoms with Crippen LogP contribution in [0.15, 0.2) is 216 Å². The zero-order valence-electron chi connectivity index (χ0n) is 31.6. The highest BCUT2D eigenvalue weighted by Gasteiger charge is 2.20. The molecule has 0 fully saturated rings. The molecular weight excluding hydrogens is 745 g/mol. The first-order valence-corrected chi connectivity index (χ1v) is 21.0. The van der Waals surface area contributed by atoms with Crippen LogP contribution < -0.4 is 0 Å². The Balaban J connectivity index is 1.06.